The van der Waals surface area contributed by atoms with E-state index in [1.165, 1.54) is 7.11 Å². The van der Waals surface area contributed by atoms with Crippen LogP contribution in [0.5, 0.6) is 11.5 Å². The van der Waals surface area contributed by atoms with Gasteiger partial charge in [0.25, 0.3) is 0 Å². The van der Waals surface area contributed by atoms with Crippen LogP contribution >= 0.6 is 11.8 Å². The Labute approximate surface area is 120 Å². The molecule has 0 unspecified atom stereocenters. The molecule has 3 nitrogen and oxygen atoms in total. The maximum absolute atomic E-state index is 10.5. The fraction of sp³-hybridized carbons (Fsp3) is 0.600. The number of phenolic OH excluding ortho intramolecular Hbond substituents is 1. The highest BCUT2D eigenvalue weighted by Gasteiger charge is 2.24. The normalized spacial score (nSPS) is 14.1. The number of methoxy groups -OCH3 is 1. The van der Waals surface area contributed by atoms with Crippen molar-refractivity contribution in [3.63, 3.8) is 0 Å². The van der Waals surface area contributed by atoms with E-state index in [0.717, 1.165) is 30.6 Å². The monoisotopic (exact) mass is 284 g/mol. The fourth-order valence-corrected chi connectivity index (χ4v) is 2.98. The lowest BCUT2D eigenvalue weighted by Crippen LogP contribution is -2.30. The van der Waals surface area contributed by atoms with Gasteiger partial charge in [-0.3, -0.25) is 0 Å². The summed E-state index contributed by atoms with van der Waals surface area (Å²) in [4.78, 5) is 0.946. The summed E-state index contributed by atoms with van der Waals surface area (Å²) in [6, 6.07) is 5.33. The third kappa shape index (κ3) is 4.96. The molecule has 108 valence electrons. The molecule has 1 aromatic rings. The summed E-state index contributed by atoms with van der Waals surface area (Å²) >= 11 is 1.57. The van der Waals surface area contributed by atoms with E-state index in [1.807, 2.05) is 13.0 Å². The van der Waals surface area contributed by atoms with Crippen LogP contribution in [0.4, 0.5) is 0 Å². The van der Waals surface area contributed by atoms with Gasteiger partial charge >= 0.3 is 0 Å². The van der Waals surface area contributed by atoms with Crippen LogP contribution in [-0.2, 0) is 0 Å². The molecule has 4 heteroatoms. The summed E-state index contributed by atoms with van der Waals surface area (Å²) in [7, 11) is 1.53. The number of aromatic hydroxyl groups is 1. The smallest absolute Gasteiger partial charge is 0.160 e. The van der Waals surface area contributed by atoms with E-state index in [0.29, 0.717) is 11.5 Å². The van der Waals surface area contributed by atoms with Crippen molar-refractivity contribution in [1.29, 1.82) is 0 Å². The van der Waals surface area contributed by atoms with E-state index in [4.69, 9.17) is 4.74 Å². The minimum atomic E-state index is -0.615. The van der Waals surface area contributed by atoms with Crippen LogP contribution in [-0.4, -0.2) is 28.7 Å². The predicted octanol–water partition coefficient (Wildman–Crippen LogP) is 3.82. The molecule has 0 aliphatic carbocycles. The van der Waals surface area contributed by atoms with E-state index in [1.54, 1.807) is 23.9 Å². The SMILES string of the molecule is CCCC[C@](O)(CC)CSc1ccc(OC)c(O)c1. The molecule has 0 spiro atoms. The average molecular weight is 284 g/mol. The van der Waals surface area contributed by atoms with Crippen molar-refractivity contribution in [3.05, 3.63) is 18.2 Å². The molecule has 0 aromatic heterocycles. The van der Waals surface area contributed by atoms with Crippen LogP contribution in [0, 0.1) is 0 Å². The highest BCUT2D eigenvalue weighted by atomic mass is 32.2. The maximum atomic E-state index is 10.5. The van der Waals surface area contributed by atoms with Gasteiger partial charge in [0.05, 0.1) is 12.7 Å². The number of hydrogen-bond acceptors (Lipinski definition) is 4. The Morgan fingerprint density at radius 3 is 2.58 bits per heavy atom. The molecule has 0 radical (unpaired) electrons. The Kier molecular flexibility index (Phi) is 6.52. The average Bonchev–Trinajstić information content (AvgIpc) is 2.43. The molecule has 0 aliphatic rings. The van der Waals surface area contributed by atoms with Crippen LogP contribution in [0.15, 0.2) is 23.1 Å². The number of ether oxygens (including phenoxy) is 1. The maximum Gasteiger partial charge on any atom is 0.160 e. The first-order chi connectivity index (χ1) is 9.04. The molecule has 0 heterocycles. The second-order valence-electron chi connectivity index (χ2n) is 4.80. The number of benzene rings is 1. The van der Waals surface area contributed by atoms with Crippen molar-refractivity contribution < 1.29 is 14.9 Å². The van der Waals surface area contributed by atoms with E-state index in [9.17, 15) is 10.2 Å². The molecule has 0 saturated heterocycles. The van der Waals surface area contributed by atoms with Gasteiger partial charge < -0.3 is 14.9 Å². The minimum absolute atomic E-state index is 0.140. The summed E-state index contributed by atoms with van der Waals surface area (Å²) in [6.07, 6.45) is 3.71. The third-order valence-electron chi connectivity index (χ3n) is 3.31. The molecule has 1 atom stereocenters. The Hall–Kier alpha value is -0.870. The summed E-state index contributed by atoms with van der Waals surface area (Å²) < 4.78 is 5.01. The van der Waals surface area contributed by atoms with E-state index in [-0.39, 0.29) is 5.75 Å². The van der Waals surface area contributed by atoms with Crippen molar-refractivity contribution in [2.24, 2.45) is 0 Å². The molecule has 0 amide bonds. The lowest BCUT2D eigenvalue weighted by Gasteiger charge is -2.26. The second kappa shape index (κ2) is 7.65. The molecule has 2 N–H and O–H groups in total. The molecular weight excluding hydrogens is 260 g/mol. The van der Waals surface area contributed by atoms with E-state index >= 15 is 0 Å². The molecule has 1 aromatic carbocycles. The Balaban J connectivity index is 2.61. The van der Waals surface area contributed by atoms with Crippen LogP contribution in [0.2, 0.25) is 0 Å². The molecule has 1 rings (SSSR count). The fourth-order valence-electron chi connectivity index (χ4n) is 1.83. The van der Waals surface area contributed by atoms with Crippen molar-refractivity contribution >= 4 is 11.8 Å². The standard InChI is InChI=1S/C15H24O3S/c1-4-6-9-15(17,5-2)11-19-12-7-8-14(18-3)13(16)10-12/h7-8,10,16-17H,4-6,9,11H2,1-3H3/t15-/m1/s1. The number of rotatable bonds is 8. The molecule has 0 bridgehead atoms. The van der Waals surface area contributed by atoms with Gasteiger partial charge in [0.1, 0.15) is 0 Å². The number of unbranched alkanes of at least 4 members (excludes halogenated alkanes) is 1. The van der Waals surface area contributed by atoms with Crippen molar-refractivity contribution in [1.82, 2.24) is 0 Å². The summed E-state index contributed by atoms with van der Waals surface area (Å²) in [6.45, 7) is 4.15. The van der Waals surface area contributed by atoms with E-state index < -0.39 is 5.60 Å². The van der Waals surface area contributed by atoms with Crippen molar-refractivity contribution in [2.75, 3.05) is 12.9 Å². The minimum Gasteiger partial charge on any atom is -0.504 e. The number of thioether (sulfide) groups is 1. The highest BCUT2D eigenvalue weighted by molar-refractivity contribution is 7.99. The van der Waals surface area contributed by atoms with Gasteiger partial charge in [0, 0.05) is 10.6 Å². The van der Waals surface area contributed by atoms with Gasteiger partial charge in [-0.1, -0.05) is 26.7 Å². The highest BCUT2D eigenvalue weighted by Crippen LogP contribution is 2.33. The predicted molar refractivity (Wildman–Crippen MR) is 80.1 cm³/mol. The Morgan fingerprint density at radius 2 is 2.05 bits per heavy atom. The number of aliphatic hydroxyl groups is 1. The zero-order chi connectivity index (χ0) is 14.3. The zero-order valence-electron chi connectivity index (χ0n) is 12.0. The quantitative estimate of drug-likeness (QED) is 0.712. The van der Waals surface area contributed by atoms with Gasteiger partial charge in [-0.15, -0.1) is 11.8 Å². The third-order valence-corrected chi connectivity index (χ3v) is 4.58. The van der Waals surface area contributed by atoms with E-state index in [2.05, 4.69) is 6.92 Å². The molecular formula is C15H24O3S. The van der Waals surface area contributed by atoms with Gasteiger partial charge in [-0.05, 0) is 31.0 Å². The van der Waals surface area contributed by atoms with Crippen molar-refractivity contribution in [2.45, 2.75) is 50.0 Å². The molecule has 0 fully saturated rings. The summed E-state index contributed by atoms with van der Waals surface area (Å²) in [5.41, 5.74) is -0.615. The van der Waals surface area contributed by atoms with Crippen LogP contribution < -0.4 is 4.74 Å². The van der Waals surface area contributed by atoms with Crippen LogP contribution in [0.3, 0.4) is 0 Å². The van der Waals surface area contributed by atoms with Gasteiger partial charge in [0.15, 0.2) is 11.5 Å². The van der Waals surface area contributed by atoms with Crippen molar-refractivity contribution in [3.8, 4) is 11.5 Å². The van der Waals surface area contributed by atoms with Gasteiger partial charge in [-0.25, -0.2) is 0 Å². The Bertz CT molecular complexity index is 395. The van der Waals surface area contributed by atoms with Gasteiger partial charge in [0.2, 0.25) is 0 Å². The van der Waals surface area contributed by atoms with Crippen LogP contribution in [0.25, 0.3) is 0 Å². The number of phenols is 1. The Morgan fingerprint density at radius 1 is 1.32 bits per heavy atom. The first-order valence-corrected chi connectivity index (χ1v) is 7.75. The second-order valence-corrected chi connectivity index (χ2v) is 5.85. The summed E-state index contributed by atoms with van der Waals surface area (Å²) in [5, 5.41) is 20.2. The topological polar surface area (TPSA) is 49.7 Å². The zero-order valence-corrected chi connectivity index (χ0v) is 12.8. The molecule has 0 aliphatic heterocycles. The lowest BCUT2D eigenvalue weighted by molar-refractivity contribution is 0.0497. The largest absolute Gasteiger partial charge is 0.504 e. The van der Waals surface area contributed by atoms with Gasteiger partial charge in [-0.2, -0.15) is 0 Å². The first-order valence-electron chi connectivity index (χ1n) is 6.77. The van der Waals surface area contributed by atoms with Crippen LogP contribution in [0.1, 0.15) is 39.5 Å². The summed E-state index contributed by atoms with van der Waals surface area (Å²) in [5.74, 6) is 1.26. The number of hydrogen-bond donors (Lipinski definition) is 2. The molecule has 0 saturated carbocycles. The lowest BCUT2D eigenvalue weighted by atomic mass is 9.96. The molecule has 19 heavy (non-hydrogen) atoms. The first kappa shape index (κ1) is 16.2.